The van der Waals surface area contributed by atoms with Crippen LogP contribution in [0, 0.1) is 0 Å². The number of hydrogen-bond acceptors (Lipinski definition) is 6. The van der Waals surface area contributed by atoms with E-state index in [4.69, 9.17) is 4.74 Å². The molecular formula is C19H12BrN5OS. The number of aromatic nitrogens is 5. The molecule has 0 unspecified atom stereocenters. The Hall–Kier alpha value is -2.84. The quantitative estimate of drug-likeness (QED) is 0.406. The highest BCUT2D eigenvalue weighted by molar-refractivity contribution is 9.10. The average Bonchev–Trinajstić information content (AvgIpc) is 3.27. The molecule has 0 aliphatic rings. The van der Waals surface area contributed by atoms with Crippen LogP contribution in [0.5, 0.6) is 5.75 Å². The number of fused-ring (bicyclic) bond motifs is 2. The van der Waals surface area contributed by atoms with E-state index in [1.807, 2.05) is 60.7 Å². The van der Waals surface area contributed by atoms with Gasteiger partial charge in [-0.2, -0.15) is 9.61 Å². The molecule has 0 aliphatic heterocycles. The smallest absolute Gasteiger partial charge is 0.235 e. The topological polar surface area (TPSA) is 65.2 Å². The van der Waals surface area contributed by atoms with E-state index >= 15 is 0 Å². The normalized spacial score (nSPS) is 11.3. The van der Waals surface area contributed by atoms with Gasteiger partial charge < -0.3 is 4.74 Å². The fourth-order valence-electron chi connectivity index (χ4n) is 2.74. The molecule has 0 aliphatic carbocycles. The molecule has 0 atom stereocenters. The molecule has 3 heterocycles. The Morgan fingerprint density at radius 1 is 0.963 bits per heavy atom. The standard InChI is InChI=1S/C19H12BrN5OS/c20-13-6-8-14(9-7-13)26-11-17-24-25-18(22-23-19(25)27-17)16-10-5-12-3-1-2-4-15(12)21-16/h1-10H,11H2. The zero-order chi connectivity index (χ0) is 18.2. The van der Waals surface area contributed by atoms with Crippen LogP contribution in [0.3, 0.4) is 0 Å². The van der Waals surface area contributed by atoms with Gasteiger partial charge in [-0.3, -0.25) is 0 Å². The Kier molecular flexibility index (Phi) is 4.06. The first-order valence-electron chi connectivity index (χ1n) is 8.22. The van der Waals surface area contributed by atoms with Crippen LogP contribution in [-0.2, 0) is 6.61 Å². The van der Waals surface area contributed by atoms with Gasteiger partial charge in [0.15, 0.2) is 5.01 Å². The van der Waals surface area contributed by atoms with Crippen molar-refractivity contribution < 1.29 is 4.74 Å². The summed E-state index contributed by atoms with van der Waals surface area (Å²) in [5, 5.41) is 15.0. The van der Waals surface area contributed by atoms with Crippen LogP contribution >= 0.6 is 27.3 Å². The summed E-state index contributed by atoms with van der Waals surface area (Å²) in [6.07, 6.45) is 0. The van der Waals surface area contributed by atoms with Crippen molar-refractivity contribution in [3.8, 4) is 17.3 Å². The Balaban J connectivity index is 1.44. The van der Waals surface area contributed by atoms with Crippen molar-refractivity contribution in [1.29, 1.82) is 0 Å². The van der Waals surface area contributed by atoms with Gasteiger partial charge in [0.05, 0.1) is 5.52 Å². The maximum atomic E-state index is 5.80. The zero-order valence-electron chi connectivity index (χ0n) is 13.9. The third-order valence-electron chi connectivity index (χ3n) is 4.04. The monoisotopic (exact) mass is 437 g/mol. The lowest BCUT2D eigenvalue weighted by Gasteiger charge is -2.03. The molecule has 0 spiro atoms. The van der Waals surface area contributed by atoms with Gasteiger partial charge in [0.2, 0.25) is 10.8 Å². The van der Waals surface area contributed by atoms with Crippen molar-refractivity contribution in [2.45, 2.75) is 6.61 Å². The van der Waals surface area contributed by atoms with E-state index in [2.05, 4.69) is 36.2 Å². The minimum Gasteiger partial charge on any atom is -0.486 e. The summed E-state index contributed by atoms with van der Waals surface area (Å²) in [6, 6.07) is 19.7. The van der Waals surface area contributed by atoms with Crippen molar-refractivity contribution in [2.75, 3.05) is 0 Å². The number of pyridine rings is 1. The largest absolute Gasteiger partial charge is 0.486 e. The molecule has 27 heavy (non-hydrogen) atoms. The molecule has 3 aromatic heterocycles. The van der Waals surface area contributed by atoms with Gasteiger partial charge in [-0.15, -0.1) is 10.2 Å². The number of hydrogen-bond donors (Lipinski definition) is 0. The molecule has 6 nitrogen and oxygen atoms in total. The van der Waals surface area contributed by atoms with Crippen LogP contribution in [0.1, 0.15) is 5.01 Å². The average molecular weight is 438 g/mol. The van der Waals surface area contributed by atoms with E-state index in [1.54, 1.807) is 4.52 Å². The first kappa shape index (κ1) is 16.3. The second-order valence-electron chi connectivity index (χ2n) is 5.85. The van der Waals surface area contributed by atoms with Crippen molar-refractivity contribution in [3.05, 3.63) is 70.1 Å². The minimum atomic E-state index is 0.375. The molecule has 132 valence electrons. The number of para-hydroxylation sites is 1. The second-order valence-corrected chi connectivity index (χ2v) is 7.80. The Labute approximate surface area is 166 Å². The summed E-state index contributed by atoms with van der Waals surface area (Å²) in [7, 11) is 0. The number of halogens is 1. The lowest BCUT2D eigenvalue weighted by molar-refractivity contribution is 0.304. The molecule has 2 aromatic carbocycles. The fraction of sp³-hybridized carbons (Fsp3) is 0.0526. The van der Waals surface area contributed by atoms with Crippen LogP contribution in [0.15, 0.2) is 65.1 Å². The second kappa shape index (κ2) is 6.71. The van der Waals surface area contributed by atoms with Crippen molar-refractivity contribution >= 4 is 43.1 Å². The third kappa shape index (κ3) is 3.17. The van der Waals surface area contributed by atoms with Crippen LogP contribution < -0.4 is 4.74 Å². The lowest BCUT2D eigenvalue weighted by Crippen LogP contribution is -1.98. The number of ether oxygens (including phenoxy) is 1. The van der Waals surface area contributed by atoms with Crippen molar-refractivity contribution in [3.63, 3.8) is 0 Å². The highest BCUT2D eigenvalue weighted by atomic mass is 79.9. The molecular weight excluding hydrogens is 426 g/mol. The van der Waals surface area contributed by atoms with Crippen LogP contribution in [0.2, 0.25) is 0 Å². The van der Waals surface area contributed by atoms with E-state index in [0.29, 0.717) is 12.4 Å². The maximum absolute atomic E-state index is 5.80. The number of rotatable bonds is 4. The molecule has 0 saturated heterocycles. The molecule has 0 amide bonds. The fourth-order valence-corrected chi connectivity index (χ4v) is 3.75. The Bertz CT molecular complexity index is 1250. The molecule has 0 bridgehead atoms. The van der Waals surface area contributed by atoms with E-state index in [0.717, 1.165) is 36.8 Å². The maximum Gasteiger partial charge on any atom is 0.235 e. The number of nitrogens with zero attached hydrogens (tertiary/aromatic N) is 5. The molecule has 5 aromatic rings. The predicted molar refractivity (Wildman–Crippen MR) is 108 cm³/mol. The Morgan fingerprint density at radius 3 is 2.70 bits per heavy atom. The molecule has 0 fully saturated rings. The zero-order valence-corrected chi connectivity index (χ0v) is 16.3. The van der Waals surface area contributed by atoms with Gasteiger partial charge >= 0.3 is 0 Å². The SMILES string of the molecule is Brc1ccc(OCc2nn3c(-c4ccc5ccccc5n4)nnc3s2)cc1. The van der Waals surface area contributed by atoms with Gasteiger partial charge in [0.1, 0.15) is 18.1 Å². The van der Waals surface area contributed by atoms with Crippen molar-refractivity contribution in [1.82, 2.24) is 24.8 Å². The summed E-state index contributed by atoms with van der Waals surface area (Å²) in [6.45, 7) is 0.375. The van der Waals surface area contributed by atoms with Gasteiger partial charge in [-0.05, 0) is 36.4 Å². The van der Waals surface area contributed by atoms with Crippen LogP contribution in [-0.4, -0.2) is 24.8 Å². The first-order chi connectivity index (χ1) is 13.3. The van der Waals surface area contributed by atoms with Gasteiger partial charge in [-0.25, -0.2) is 4.98 Å². The molecule has 0 saturated carbocycles. The minimum absolute atomic E-state index is 0.375. The van der Waals surface area contributed by atoms with Gasteiger partial charge in [0.25, 0.3) is 0 Å². The third-order valence-corrected chi connectivity index (χ3v) is 5.44. The highest BCUT2D eigenvalue weighted by Gasteiger charge is 2.15. The summed E-state index contributed by atoms with van der Waals surface area (Å²) < 4.78 is 8.54. The van der Waals surface area contributed by atoms with E-state index in [1.165, 1.54) is 11.3 Å². The van der Waals surface area contributed by atoms with Crippen LogP contribution in [0.4, 0.5) is 0 Å². The highest BCUT2D eigenvalue weighted by Crippen LogP contribution is 2.24. The Morgan fingerprint density at radius 2 is 1.81 bits per heavy atom. The van der Waals surface area contributed by atoms with E-state index in [9.17, 15) is 0 Å². The summed E-state index contributed by atoms with van der Waals surface area (Å²) in [5.41, 5.74) is 1.66. The molecule has 0 N–H and O–H groups in total. The first-order valence-corrected chi connectivity index (χ1v) is 9.83. The molecule has 5 rings (SSSR count). The predicted octanol–water partition coefficient (Wildman–Crippen LogP) is 4.74. The van der Waals surface area contributed by atoms with Crippen LogP contribution in [0.25, 0.3) is 27.4 Å². The lowest BCUT2D eigenvalue weighted by atomic mass is 10.2. The van der Waals surface area contributed by atoms with Crippen molar-refractivity contribution in [2.24, 2.45) is 0 Å². The van der Waals surface area contributed by atoms with Gasteiger partial charge in [0, 0.05) is 9.86 Å². The number of benzene rings is 2. The summed E-state index contributed by atoms with van der Waals surface area (Å²) in [4.78, 5) is 5.40. The molecule has 0 radical (unpaired) electrons. The van der Waals surface area contributed by atoms with Gasteiger partial charge in [-0.1, -0.05) is 51.5 Å². The summed E-state index contributed by atoms with van der Waals surface area (Å²) in [5.74, 6) is 1.42. The molecule has 8 heteroatoms. The summed E-state index contributed by atoms with van der Waals surface area (Å²) >= 11 is 4.87. The van der Waals surface area contributed by atoms with E-state index in [-0.39, 0.29) is 0 Å². The van der Waals surface area contributed by atoms with E-state index < -0.39 is 0 Å².